The summed E-state index contributed by atoms with van der Waals surface area (Å²) in [5.74, 6) is 1.75. The molecule has 9 heteroatoms. The number of nitrogens with one attached hydrogen (secondary N) is 1. The van der Waals surface area contributed by atoms with Crippen LogP contribution in [-0.4, -0.2) is 42.5 Å². The Hall–Kier alpha value is -3.78. The Kier molecular flexibility index (Phi) is 6.88. The van der Waals surface area contributed by atoms with Crippen LogP contribution in [0.1, 0.15) is 25.0 Å². The Labute approximate surface area is 202 Å². The van der Waals surface area contributed by atoms with Crippen molar-refractivity contribution in [2.75, 3.05) is 19.8 Å². The number of hydrogen-bond acceptors (Lipinski definition) is 6. The van der Waals surface area contributed by atoms with Crippen LogP contribution in [0.15, 0.2) is 58.8 Å². The summed E-state index contributed by atoms with van der Waals surface area (Å²) in [5.41, 5.74) is 1.79. The van der Waals surface area contributed by atoms with Crippen molar-refractivity contribution in [1.82, 2.24) is 5.06 Å². The monoisotopic (exact) mass is 481 g/mol. The number of amidine groups is 2. The summed E-state index contributed by atoms with van der Waals surface area (Å²) in [5, 5.41) is 9.88. The van der Waals surface area contributed by atoms with Crippen LogP contribution in [0.25, 0.3) is 6.08 Å². The standard InChI is InChI=1S/C25H24ClN3O5/c1-4-31-21-14-17(12-19-24(27)29-22(28-25(19)30)11-16(3)34-29)13-20(26)23(21)33-10-9-32-18-7-5-15(2)6-8-18/h5-8,11-14,27H,4,9-10H2,1-3H3/b19-12-,27-24?. The number of carbonyl (C=O) groups is 1. The minimum Gasteiger partial charge on any atom is -0.490 e. The van der Waals surface area contributed by atoms with E-state index in [1.807, 2.05) is 38.1 Å². The summed E-state index contributed by atoms with van der Waals surface area (Å²) in [6.45, 7) is 6.56. The summed E-state index contributed by atoms with van der Waals surface area (Å²) in [6, 6.07) is 11.1. The molecular weight excluding hydrogens is 458 g/mol. The van der Waals surface area contributed by atoms with Gasteiger partial charge in [0.1, 0.15) is 24.7 Å². The maximum absolute atomic E-state index is 12.5. The van der Waals surface area contributed by atoms with E-state index >= 15 is 0 Å². The molecule has 0 fully saturated rings. The highest BCUT2D eigenvalue weighted by molar-refractivity contribution is 6.33. The van der Waals surface area contributed by atoms with Crippen LogP contribution in [0, 0.1) is 12.3 Å². The molecule has 0 unspecified atom stereocenters. The fourth-order valence-corrected chi connectivity index (χ4v) is 3.65. The topological polar surface area (TPSA) is 93.4 Å². The number of ether oxygens (including phenoxy) is 3. The van der Waals surface area contributed by atoms with E-state index in [1.54, 1.807) is 25.1 Å². The third kappa shape index (κ3) is 5.07. The van der Waals surface area contributed by atoms with E-state index in [4.69, 9.17) is 36.1 Å². The molecule has 0 bridgehead atoms. The second-order valence-corrected chi connectivity index (χ2v) is 8.00. The molecule has 2 aromatic carbocycles. The number of benzene rings is 2. The maximum atomic E-state index is 12.5. The minimum atomic E-state index is -0.534. The van der Waals surface area contributed by atoms with Gasteiger partial charge in [-0.15, -0.1) is 5.06 Å². The number of halogens is 1. The number of hydrogen-bond donors (Lipinski definition) is 1. The Bertz CT molecular complexity index is 1220. The number of hydroxylamine groups is 2. The molecule has 0 radical (unpaired) electrons. The third-order valence-electron chi connectivity index (χ3n) is 4.94. The van der Waals surface area contributed by atoms with Crippen LogP contribution in [0.5, 0.6) is 17.2 Å². The number of nitrogens with zero attached hydrogens (tertiary/aromatic N) is 2. The highest BCUT2D eigenvalue weighted by Gasteiger charge is 2.34. The number of fused-ring (bicyclic) bond motifs is 1. The zero-order valence-corrected chi connectivity index (χ0v) is 19.8. The Morgan fingerprint density at radius 2 is 1.85 bits per heavy atom. The SMILES string of the molecule is CCOc1cc(/C=C2/C(=N)N3OC(C)=CC3=NC2=O)cc(Cl)c1OCCOc1ccc(C)cc1. The lowest BCUT2D eigenvalue weighted by atomic mass is 10.1. The molecule has 4 rings (SSSR count). The van der Waals surface area contributed by atoms with Crippen LogP contribution in [-0.2, 0) is 9.63 Å². The van der Waals surface area contributed by atoms with Gasteiger partial charge in [0, 0.05) is 6.08 Å². The average molecular weight is 482 g/mol. The maximum Gasteiger partial charge on any atom is 0.282 e. The van der Waals surface area contributed by atoms with Crippen molar-refractivity contribution in [2.24, 2.45) is 4.99 Å². The lowest BCUT2D eigenvalue weighted by molar-refractivity contribution is -0.114. The Morgan fingerprint density at radius 1 is 1.12 bits per heavy atom. The molecule has 1 N–H and O–H groups in total. The van der Waals surface area contributed by atoms with Gasteiger partial charge in [0.25, 0.3) is 5.91 Å². The normalized spacial score (nSPS) is 16.1. The van der Waals surface area contributed by atoms with Crippen LogP contribution in [0.3, 0.4) is 0 Å². The first-order chi connectivity index (χ1) is 16.4. The van der Waals surface area contributed by atoms with Crippen LogP contribution >= 0.6 is 11.6 Å². The van der Waals surface area contributed by atoms with Gasteiger partial charge in [0.15, 0.2) is 23.2 Å². The third-order valence-corrected chi connectivity index (χ3v) is 5.22. The second-order valence-electron chi connectivity index (χ2n) is 7.60. The van der Waals surface area contributed by atoms with Crippen molar-refractivity contribution in [3.63, 3.8) is 0 Å². The van der Waals surface area contributed by atoms with E-state index in [9.17, 15) is 4.79 Å². The molecule has 1 amide bonds. The van der Waals surface area contributed by atoms with Gasteiger partial charge in [-0.3, -0.25) is 10.2 Å². The lowest BCUT2D eigenvalue weighted by Gasteiger charge is -2.23. The summed E-state index contributed by atoms with van der Waals surface area (Å²) >= 11 is 6.50. The van der Waals surface area contributed by atoms with Gasteiger partial charge >= 0.3 is 0 Å². The van der Waals surface area contributed by atoms with Crippen molar-refractivity contribution in [3.8, 4) is 17.2 Å². The molecule has 2 aliphatic rings. The van der Waals surface area contributed by atoms with E-state index in [0.29, 0.717) is 41.1 Å². The number of allylic oxidation sites excluding steroid dienone is 1. The molecule has 0 saturated carbocycles. The zero-order chi connectivity index (χ0) is 24.2. The van der Waals surface area contributed by atoms with Crippen LogP contribution < -0.4 is 14.2 Å². The number of aryl methyl sites for hydroxylation is 1. The van der Waals surface area contributed by atoms with E-state index in [0.717, 1.165) is 11.3 Å². The summed E-state index contributed by atoms with van der Waals surface area (Å²) in [6.07, 6.45) is 3.13. The van der Waals surface area contributed by atoms with E-state index in [2.05, 4.69) is 4.99 Å². The molecule has 2 heterocycles. The lowest BCUT2D eigenvalue weighted by Crippen LogP contribution is -2.38. The summed E-state index contributed by atoms with van der Waals surface area (Å²) in [4.78, 5) is 22.0. The second kappa shape index (κ2) is 10.0. The van der Waals surface area contributed by atoms with E-state index in [-0.39, 0.29) is 23.9 Å². The Morgan fingerprint density at radius 3 is 2.59 bits per heavy atom. The first-order valence-corrected chi connectivity index (χ1v) is 11.1. The van der Waals surface area contributed by atoms with Crippen molar-refractivity contribution < 1.29 is 23.8 Å². The van der Waals surface area contributed by atoms with Gasteiger partial charge in [-0.1, -0.05) is 29.3 Å². The predicted octanol–water partition coefficient (Wildman–Crippen LogP) is 4.96. The molecule has 0 spiro atoms. The fourth-order valence-electron chi connectivity index (χ4n) is 3.38. The summed E-state index contributed by atoms with van der Waals surface area (Å²) in [7, 11) is 0. The molecule has 2 aromatic rings. The van der Waals surface area contributed by atoms with E-state index in [1.165, 1.54) is 11.1 Å². The molecule has 0 saturated heterocycles. The zero-order valence-electron chi connectivity index (χ0n) is 19.1. The van der Waals surface area contributed by atoms with Crippen molar-refractivity contribution in [3.05, 3.63) is 70.0 Å². The molecule has 0 aromatic heterocycles. The van der Waals surface area contributed by atoms with Crippen LogP contribution in [0.2, 0.25) is 5.02 Å². The van der Waals surface area contributed by atoms with Gasteiger partial charge in [-0.25, -0.2) is 0 Å². The molecule has 176 valence electrons. The molecular formula is C25H24ClN3O5. The first-order valence-electron chi connectivity index (χ1n) is 10.7. The van der Waals surface area contributed by atoms with Gasteiger partial charge in [0.05, 0.1) is 17.2 Å². The van der Waals surface area contributed by atoms with Crippen molar-refractivity contribution in [1.29, 1.82) is 5.41 Å². The van der Waals surface area contributed by atoms with Gasteiger partial charge in [-0.2, -0.15) is 4.99 Å². The van der Waals surface area contributed by atoms with Gasteiger partial charge in [0.2, 0.25) is 0 Å². The number of amides is 1. The molecule has 0 atom stereocenters. The number of rotatable bonds is 8. The number of carbonyl (C=O) groups excluding carboxylic acids is 1. The Balaban J connectivity index is 1.50. The van der Waals surface area contributed by atoms with Crippen molar-refractivity contribution in [2.45, 2.75) is 20.8 Å². The minimum absolute atomic E-state index is 0.0746. The molecule has 2 aliphatic heterocycles. The molecule has 0 aliphatic carbocycles. The molecule has 34 heavy (non-hydrogen) atoms. The average Bonchev–Trinajstić information content (AvgIpc) is 3.17. The number of aliphatic imine (C=N–C) groups is 1. The van der Waals surface area contributed by atoms with Crippen LogP contribution in [0.4, 0.5) is 0 Å². The van der Waals surface area contributed by atoms with E-state index < -0.39 is 5.91 Å². The fraction of sp³-hybridized carbons (Fsp3) is 0.240. The summed E-state index contributed by atoms with van der Waals surface area (Å²) < 4.78 is 17.3. The van der Waals surface area contributed by atoms with Crippen molar-refractivity contribution >= 4 is 35.3 Å². The largest absolute Gasteiger partial charge is 0.490 e. The smallest absolute Gasteiger partial charge is 0.282 e. The highest BCUT2D eigenvalue weighted by atomic mass is 35.5. The van der Waals surface area contributed by atoms with Gasteiger partial charge < -0.3 is 19.0 Å². The quantitative estimate of drug-likeness (QED) is 0.423. The molecule has 8 nitrogen and oxygen atoms in total. The first kappa shape index (κ1) is 23.4. The predicted molar refractivity (Wildman–Crippen MR) is 130 cm³/mol. The highest BCUT2D eigenvalue weighted by Crippen LogP contribution is 2.37. The van der Waals surface area contributed by atoms with Gasteiger partial charge in [-0.05, 0) is 56.7 Å².